The lowest BCUT2D eigenvalue weighted by atomic mass is 9.95. The molecule has 1 heterocycles. The van der Waals surface area contributed by atoms with Gasteiger partial charge in [0.2, 0.25) is 0 Å². The molecule has 1 aliphatic rings. The van der Waals surface area contributed by atoms with Crippen molar-refractivity contribution in [3.05, 3.63) is 18.0 Å². The SMILES string of the molecule is N=C(N)c1ccnn1C1CCCCC1. The average Bonchev–Trinajstić information content (AvgIpc) is 2.67. The second kappa shape index (κ2) is 3.82. The maximum atomic E-state index is 7.43. The van der Waals surface area contributed by atoms with Crippen LogP contribution in [0.1, 0.15) is 43.8 Å². The Balaban J connectivity index is 2.21. The van der Waals surface area contributed by atoms with E-state index in [4.69, 9.17) is 11.1 Å². The molecule has 4 nitrogen and oxygen atoms in total. The fourth-order valence-electron chi connectivity index (χ4n) is 2.14. The summed E-state index contributed by atoms with van der Waals surface area (Å²) in [5.41, 5.74) is 6.25. The van der Waals surface area contributed by atoms with E-state index in [2.05, 4.69) is 5.10 Å². The third-order valence-corrected chi connectivity index (χ3v) is 2.87. The van der Waals surface area contributed by atoms with Crippen LogP contribution in [0.15, 0.2) is 12.3 Å². The fourth-order valence-corrected chi connectivity index (χ4v) is 2.14. The van der Waals surface area contributed by atoms with Crippen molar-refractivity contribution in [1.29, 1.82) is 5.41 Å². The van der Waals surface area contributed by atoms with Crippen LogP contribution in [-0.4, -0.2) is 15.6 Å². The Morgan fingerprint density at radius 2 is 2.14 bits per heavy atom. The van der Waals surface area contributed by atoms with Crippen LogP contribution in [0.2, 0.25) is 0 Å². The molecule has 2 rings (SSSR count). The number of nitrogens with one attached hydrogen (secondary N) is 1. The van der Waals surface area contributed by atoms with Crippen LogP contribution in [0.25, 0.3) is 0 Å². The number of amidine groups is 1. The maximum Gasteiger partial charge on any atom is 0.141 e. The van der Waals surface area contributed by atoms with Gasteiger partial charge in [0.1, 0.15) is 11.5 Å². The molecule has 0 aliphatic heterocycles. The molecule has 0 radical (unpaired) electrons. The van der Waals surface area contributed by atoms with E-state index < -0.39 is 0 Å². The second-order valence-electron chi connectivity index (χ2n) is 3.87. The van der Waals surface area contributed by atoms with Crippen molar-refractivity contribution in [2.75, 3.05) is 0 Å². The van der Waals surface area contributed by atoms with Crippen molar-refractivity contribution in [2.24, 2.45) is 5.73 Å². The minimum Gasteiger partial charge on any atom is -0.382 e. The Kier molecular flexibility index (Phi) is 2.52. The number of nitrogens with zero attached hydrogens (tertiary/aromatic N) is 2. The number of nitrogen functional groups attached to an aromatic ring is 1. The molecule has 0 amide bonds. The molecule has 1 aromatic heterocycles. The molecule has 1 aromatic rings. The van der Waals surface area contributed by atoms with E-state index in [0.29, 0.717) is 6.04 Å². The van der Waals surface area contributed by atoms with Crippen molar-refractivity contribution in [2.45, 2.75) is 38.1 Å². The highest BCUT2D eigenvalue weighted by molar-refractivity contribution is 5.93. The van der Waals surface area contributed by atoms with Crippen molar-refractivity contribution >= 4 is 5.84 Å². The standard InChI is InChI=1S/C10H16N4/c11-10(12)9-6-7-13-14(9)8-4-2-1-3-5-8/h6-8H,1-5H2,(H3,11,12). The summed E-state index contributed by atoms with van der Waals surface area (Å²) < 4.78 is 1.92. The average molecular weight is 192 g/mol. The van der Waals surface area contributed by atoms with Crippen LogP contribution in [0.3, 0.4) is 0 Å². The normalized spacial score (nSPS) is 18.3. The molecule has 0 atom stereocenters. The second-order valence-corrected chi connectivity index (χ2v) is 3.87. The van der Waals surface area contributed by atoms with Crippen molar-refractivity contribution in [1.82, 2.24) is 9.78 Å². The summed E-state index contributed by atoms with van der Waals surface area (Å²) in [4.78, 5) is 0. The molecule has 1 aliphatic carbocycles. The number of aromatic nitrogens is 2. The minimum atomic E-state index is 0.119. The first kappa shape index (κ1) is 9.24. The van der Waals surface area contributed by atoms with Crippen LogP contribution in [0.5, 0.6) is 0 Å². The first-order valence-electron chi connectivity index (χ1n) is 5.17. The lowest BCUT2D eigenvalue weighted by Gasteiger charge is -2.23. The minimum absolute atomic E-state index is 0.119. The fraction of sp³-hybridized carbons (Fsp3) is 0.600. The predicted molar refractivity (Wildman–Crippen MR) is 55.4 cm³/mol. The highest BCUT2D eigenvalue weighted by Crippen LogP contribution is 2.28. The topological polar surface area (TPSA) is 67.7 Å². The molecule has 3 N–H and O–H groups in total. The van der Waals surface area contributed by atoms with Gasteiger partial charge in [-0.15, -0.1) is 0 Å². The zero-order valence-electron chi connectivity index (χ0n) is 8.24. The van der Waals surface area contributed by atoms with Crippen LogP contribution in [0, 0.1) is 5.41 Å². The highest BCUT2D eigenvalue weighted by Gasteiger charge is 2.18. The van der Waals surface area contributed by atoms with Crippen molar-refractivity contribution < 1.29 is 0 Å². The van der Waals surface area contributed by atoms with Gasteiger partial charge in [0.15, 0.2) is 0 Å². The van der Waals surface area contributed by atoms with E-state index in [9.17, 15) is 0 Å². The summed E-state index contributed by atoms with van der Waals surface area (Å²) >= 11 is 0. The quantitative estimate of drug-likeness (QED) is 0.553. The van der Waals surface area contributed by atoms with Gasteiger partial charge in [-0.3, -0.25) is 10.1 Å². The summed E-state index contributed by atoms with van der Waals surface area (Å²) in [5, 5.41) is 11.7. The lowest BCUT2D eigenvalue weighted by molar-refractivity contribution is 0.328. The van der Waals surface area contributed by atoms with E-state index in [1.165, 1.54) is 32.1 Å². The first-order valence-corrected chi connectivity index (χ1v) is 5.17. The molecule has 0 bridgehead atoms. The van der Waals surface area contributed by atoms with Gasteiger partial charge in [-0.1, -0.05) is 19.3 Å². The van der Waals surface area contributed by atoms with E-state index >= 15 is 0 Å². The van der Waals surface area contributed by atoms with Gasteiger partial charge >= 0.3 is 0 Å². The van der Waals surface area contributed by atoms with Crippen molar-refractivity contribution in [3.8, 4) is 0 Å². The Morgan fingerprint density at radius 3 is 2.79 bits per heavy atom. The molecule has 1 saturated carbocycles. The van der Waals surface area contributed by atoms with Crippen LogP contribution < -0.4 is 5.73 Å². The van der Waals surface area contributed by atoms with E-state index in [1.54, 1.807) is 6.20 Å². The molecule has 76 valence electrons. The summed E-state index contributed by atoms with van der Waals surface area (Å²) in [6.07, 6.45) is 7.92. The summed E-state index contributed by atoms with van der Waals surface area (Å²) in [5.74, 6) is 0.119. The van der Waals surface area contributed by atoms with Gasteiger partial charge in [-0.25, -0.2) is 0 Å². The van der Waals surface area contributed by atoms with Gasteiger partial charge in [0.25, 0.3) is 0 Å². The molecule has 14 heavy (non-hydrogen) atoms. The van der Waals surface area contributed by atoms with Gasteiger partial charge < -0.3 is 5.73 Å². The third-order valence-electron chi connectivity index (χ3n) is 2.87. The predicted octanol–water partition coefficient (Wildman–Crippen LogP) is 1.67. The number of hydrogen-bond donors (Lipinski definition) is 2. The zero-order chi connectivity index (χ0) is 9.97. The van der Waals surface area contributed by atoms with Crippen LogP contribution in [-0.2, 0) is 0 Å². The third kappa shape index (κ3) is 1.64. The monoisotopic (exact) mass is 192 g/mol. The van der Waals surface area contributed by atoms with Crippen LogP contribution in [0.4, 0.5) is 0 Å². The smallest absolute Gasteiger partial charge is 0.141 e. The Hall–Kier alpha value is -1.32. The summed E-state index contributed by atoms with van der Waals surface area (Å²) in [6.45, 7) is 0. The Labute approximate surface area is 83.6 Å². The van der Waals surface area contributed by atoms with E-state index in [0.717, 1.165) is 5.69 Å². The van der Waals surface area contributed by atoms with Gasteiger partial charge in [-0.2, -0.15) is 5.10 Å². The Morgan fingerprint density at radius 1 is 1.43 bits per heavy atom. The maximum absolute atomic E-state index is 7.43. The lowest BCUT2D eigenvalue weighted by Crippen LogP contribution is -2.22. The highest BCUT2D eigenvalue weighted by atomic mass is 15.3. The molecule has 0 unspecified atom stereocenters. The molecule has 0 spiro atoms. The number of hydrogen-bond acceptors (Lipinski definition) is 2. The molecule has 1 fully saturated rings. The van der Waals surface area contributed by atoms with E-state index in [1.807, 2.05) is 10.7 Å². The molecular formula is C10H16N4. The number of nitrogens with two attached hydrogens (primary N) is 1. The van der Waals surface area contributed by atoms with Gasteiger partial charge in [0, 0.05) is 6.20 Å². The molecular weight excluding hydrogens is 176 g/mol. The Bertz CT molecular complexity index is 323. The first-order chi connectivity index (χ1) is 6.79. The van der Waals surface area contributed by atoms with Gasteiger partial charge in [-0.05, 0) is 18.9 Å². The zero-order valence-corrected chi connectivity index (χ0v) is 8.24. The van der Waals surface area contributed by atoms with Crippen LogP contribution >= 0.6 is 0 Å². The number of rotatable bonds is 2. The summed E-state index contributed by atoms with van der Waals surface area (Å²) in [6, 6.07) is 2.27. The molecule has 0 saturated heterocycles. The molecule has 4 heteroatoms. The largest absolute Gasteiger partial charge is 0.382 e. The van der Waals surface area contributed by atoms with Crippen molar-refractivity contribution in [3.63, 3.8) is 0 Å². The summed E-state index contributed by atoms with van der Waals surface area (Å²) in [7, 11) is 0. The van der Waals surface area contributed by atoms with E-state index in [-0.39, 0.29) is 5.84 Å². The van der Waals surface area contributed by atoms with Gasteiger partial charge in [0.05, 0.1) is 6.04 Å². The molecule has 0 aromatic carbocycles.